The molecule has 0 bridgehead atoms. The average molecular weight is 509 g/mol. The van der Waals surface area contributed by atoms with Gasteiger partial charge in [-0.2, -0.15) is 0 Å². The zero-order chi connectivity index (χ0) is 27.1. The van der Waals surface area contributed by atoms with Crippen molar-refractivity contribution in [2.24, 2.45) is 0 Å². The monoisotopic (exact) mass is 508 g/mol. The minimum atomic E-state index is -1.06. The number of esters is 2. The second kappa shape index (κ2) is 12.1. The van der Waals surface area contributed by atoms with E-state index in [1.165, 1.54) is 45.4 Å². The number of amides is 1. The first-order chi connectivity index (χ1) is 17.6. The Morgan fingerprint density at radius 2 is 1.54 bits per heavy atom. The summed E-state index contributed by atoms with van der Waals surface area (Å²) in [6.07, 6.45) is 0.673. The first-order valence-electron chi connectivity index (χ1n) is 11.7. The zero-order valence-corrected chi connectivity index (χ0v) is 21.3. The quantitative estimate of drug-likeness (QED) is 0.429. The number of pyridine rings is 1. The summed E-state index contributed by atoms with van der Waals surface area (Å²) >= 11 is 0. The Hall–Kier alpha value is -4.27. The van der Waals surface area contributed by atoms with E-state index in [2.05, 4.69) is 10.3 Å². The van der Waals surface area contributed by atoms with Crippen molar-refractivity contribution in [2.45, 2.75) is 45.8 Å². The van der Waals surface area contributed by atoms with Crippen molar-refractivity contribution in [3.05, 3.63) is 89.0 Å². The molecule has 1 heterocycles. The van der Waals surface area contributed by atoms with Crippen molar-refractivity contribution in [1.82, 2.24) is 10.3 Å². The van der Waals surface area contributed by atoms with E-state index in [1.807, 2.05) is 31.2 Å². The number of hydrogen-bond acceptors (Lipinski definition) is 7. The topological polar surface area (TPSA) is 104 Å². The van der Waals surface area contributed by atoms with Crippen molar-refractivity contribution in [3.63, 3.8) is 0 Å². The van der Waals surface area contributed by atoms with Gasteiger partial charge in [0.1, 0.15) is 18.0 Å². The van der Waals surface area contributed by atoms with Crippen LogP contribution in [0.25, 0.3) is 0 Å². The minimum Gasteiger partial charge on any atom is -0.493 e. The lowest BCUT2D eigenvalue weighted by Crippen LogP contribution is -2.41. The van der Waals surface area contributed by atoms with Crippen LogP contribution in [0, 0.1) is 12.7 Å². The van der Waals surface area contributed by atoms with Crippen LogP contribution in [-0.4, -0.2) is 42.1 Å². The number of benzene rings is 2. The molecule has 0 unspecified atom stereocenters. The molecule has 194 valence electrons. The van der Waals surface area contributed by atoms with Crippen LogP contribution in [-0.2, 0) is 14.3 Å². The Kier molecular flexibility index (Phi) is 8.95. The Morgan fingerprint density at radius 3 is 2.11 bits per heavy atom. The van der Waals surface area contributed by atoms with Crippen LogP contribution >= 0.6 is 0 Å². The average Bonchev–Trinajstić information content (AvgIpc) is 2.86. The van der Waals surface area contributed by atoms with Gasteiger partial charge in [0, 0.05) is 25.1 Å². The number of nitrogens with zero attached hydrogens (tertiary/aromatic N) is 1. The summed E-state index contributed by atoms with van der Waals surface area (Å²) in [5.74, 6) is -2.85. The molecule has 0 aliphatic heterocycles. The number of carbonyl (C=O) groups is 3. The maximum absolute atomic E-state index is 13.6. The number of carbonyl (C=O) groups excluding carboxylic acids is 3. The Bertz CT molecular complexity index is 1220. The van der Waals surface area contributed by atoms with E-state index in [9.17, 15) is 18.8 Å². The fourth-order valence-corrected chi connectivity index (χ4v) is 3.85. The van der Waals surface area contributed by atoms with Gasteiger partial charge >= 0.3 is 11.9 Å². The fraction of sp³-hybridized carbons (Fsp3) is 0.286. The predicted molar refractivity (Wildman–Crippen MR) is 134 cm³/mol. The van der Waals surface area contributed by atoms with Crippen LogP contribution in [0.15, 0.2) is 60.8 Å². The van der Waals surface area contributed by atoms with Crippen molar-refractivity contribution in [3.8, 4) is 11.5 Å². The molecule has 3 aromatic rings. The molecule has 1 aromatic heterocycles. The molecule has 0 fully saturated rings. The number of halogens is 1. The first kappa shape index (κ1) is 27.3. The van der Waals surface area contributed by atoms with E-state index in [4.69, 9.17) is 14.2 Å². The number of ether oxygens (including phenoxy) is 3. The van der Waals surface area contributed by atoms with Crippen molar-refractivity contribution >= 4 is 17.8 Å². The standard InChI is InChI=1S/C28H29FN2O6/c1-16-6-8-20(9-7-16)24(21-10-12-22(29)13-11-21)18(3)36-28(34)17(2)31-27(33)25-26(37-19(4)32)23(35-5)14-15-30-25/h6-15,17-18,24H,1-5H3,(H,31,33)/t17-,18-,24+/m0/s1. The SMILES string of the molecule is COc1ccnc(C(=O)N[C@@H](C)C(=O)O[C@@H](C)[C@H](c2ccc(C)cc2)c2ccc(F)cc2)c1OC(C)=O. The van der Waals surface area contributed by atoms with E-state index in [0.29, 0.717) is 0 Å². The summed E-state index contributed by atoms with van der Waals surface area (Å²) < 4.78 is 29.6. The highest BCUT2D eigenvalue weighted by atomic mass is 19.1. The zero-order valence-electron chi connectivity index (χ0n) is 21.3. The van der Waals surface area contributed by atoms with Gasteiger partial charge in [-0.05, 0) is 44.0 Å². The van der Waals surface area contributed by atoms with Gasteiger partial charge < -0.3 is 19.5 Å². The molecule has 0 saturated heterocycles. The molecule has 3 atom stereocenters. The molecule has 1 amide bonds. The highest BCUT2D eigenvalue weighted by Crippen LogP contribution is 2.31. The Morgan fingerprint density at radius 1 is 0.946 bits per heavy atom. The molecule has 2 aromatic carbocycles. The maximum Gasteiger partial charge on any atom is 0.328 e. The molecule has 0 saturated carbocycles. The van der Waals surface area contributed by atoms with Gasteiger partial charge in [-0.1, -0.05) is 42.0 Å². The van der Waals surface area contributed by atoms with Crippen LogP contribution in [0.1, 0.15) is 53.9 Å². The summed E-state index contributed by atoms with van der Waals surface area (Å²) in [6.45, 7) is 6.36. The third-order valence-electron chi connectivity index (χ3n) is 5.69. The van der Waals surface area contributed by atoms with E-state index in [-0.39, 0.29) is 28.9 Å². The molecular weight excluding hydrogens is 479 g/mol. The van der Waals surface area contributed by atoms with Crippen molar-refractivity contribution in [1.29, 1.82) is 0 Å². The lowest BCUT2D eigenvalue weighted by molar-refractivity contribution is -0.150. The molecule has 0 aliphatic rings. The van der Waals surface area contributed by atoms with Gasteiger partial charge in [0.15, 0.2) is 11.4 Å². The second-order valence-corrected chi connectivity index (χ2v) is 8.56. The molecule has 8 nitrogen and oxygen atoms in total. The maximum atomic E-state index is 13.6. The number of hydrogen-bond donors (Lipinski definition) is 1. The van der Waals surface area contributed by atoms with Crippen LogP contribution in [0.4, 0.5) is 4.39 Å². The van der Waals surface area contributed by atoms with Gasteiger partial charge in [0.25, 0.3) is 5.91 Å². The van der Waals surface area contributed by atoms with E-state index in [0.717, 1.165) is 16.7 Å². The fourth-order valence-electron chi connectivity index (χ4n) is 3.85. The summed E-state index contributed by atoms with van der Waals surface area (Å²) in [7, 11) is 1.36. The molecule has 9 heteroatoms. The number of aryl methyl sites for hydroxylation is 1. The number of rotatable bonds is 9. The Balaban J connectivity index is 1.78. The lowest BCUT2D eigenvalue weighted by Gasteiger charge is -2.26. The Labute approximate surface area is 214 Å². The molecule has 3 rings (SSSR count). The van der Waals surface area contributed by atoms with Crippen LogP contribution in [0.5, 0.6) is 11.5 Å². The first-order valence-corrected chi connectivity index (χ1v) is 11.7. The third kappa shape index (κ3) is 6.91. The smallest absolute Gasteiger partial charge is 0.328 e. The summed E-state index contributed by atoms with van der Waals surface area (Å²) in [6, 6.07) is 14.2. The molecular formula is C28H29FN2O6. The third-order valence-corrected chi connectivity index (χ3v) is 5.69. The van der Waals surface area contributed by atoms with Gasteiger partial charge in [0.05, 0.1) is 7.11 Å². The summed E-state index contributed by atoms with van der Waals surface area (Å²) in [5, 5.41) is 2.53. The molecule has 0 spiro atoms. The highest BCUT2D eigenvalue weighted by molar-refractivity contribution is 5.98. The predicted octanol–water partition coefficient (Wildman–Crippen LogP) is 4.35. The number of nitrogens with one attached hydrogen (secondary N) is 1. The largest absolute Gasteiger partial charge is 0.493 e. The highest BCUT2D eigenvalue weighted by Gasteiger charge is 2.29. The van der Waals surface area contributed by atoms with E-state index in [1.54, 1.807) is 19.1 Å². The van der Waals surface area contributed by atoms with Gasteiger partial charge in [-0.25, -0.2) is 14.2 Å². The van der Waals surface area contributed by atoms with Crippen molar-refractivity contribution < 1.29 is 33.0 Å². The van der Waals surface area contributed by atoms with E-state index < -0.39 is 30.0 Å². The van der Waals surface area contributed by atoms with Gasteiger partial charge in [-0.3, -0.25) is 9.59 Å². The van der Waals surface area contributed by atoms with Crippen LogP contribution in [0.3, 0.4) is 0 Å². The lowest BCUT2D eigenvalue weighted by atomic mass is 9.87. The molecule has 37 heavy (non-hydrogen) atoms. The molecule has 1 N–H and O–H groups in total. The van der Waals surface area contributed by atoms with Crippen molar-refractivity contribution in [2.75, 3.05) is 7.11 Å². The second-order valence-electron chi connectivity index (χ2n) is 8.56. The molecule has 0 radical (unpaired) electrons. The van der Waals surface area contributed by atoms with Gasteiger partial charge in [-0.15, -0.1) is 0 Å². The van der Waals surface area contributed by atoms with Crippen LogP contribution < -0.4 is 14.8 Å². The summed E-state index contributed by atoms with van der Waals surface area (Å²) in [4.78, 5) is 41.3. The molecule has 0 aliphatic carbocycles. The number of methoxy groups -OCH3 is 1. The number of aromatic nitrogens is 1. The van der Waals surface area contributed by atoms with Gasteiger partial charge in [0.2, 0.25) is 5.75 Å². The normalized spacial score (nSPS) is 13.1. The van der Waals surface area contributed by atoms with Crippen LogP contribution in [0.2, 0.25) is 0 Å². The van der Waals surface area contributed by atoms with E-state index >= 15 is 0 Å². The minimum absolute atomic E-state index is 0.138. The summed E-state index contributed by atoms with van der Waals surface area (Å²) in [5.41, 5.74) is 2.52.